The van der Waals surface area contributed by atoms with Crippen LogP contribution in [0, 0.1) is 0 Å². The lowest BCUT2D eigenvalue weighted by Crippen LogP contribution is -2.43. The van der Waals surface area contributed by atoms with E-state index < -0.39 is 68.9 Å². The van der Waals surface area contributed by atoms with Crippen molar-refractivity contribution in [3.05, 3.63) is 76.8 Å². The summed E-state index contributed by atoms with van der Waals surface area (Å²) in [5.74, 6) is -4.81. The number of amides is 1. The zero-order chi connectivity index (χ0) is 33.9. The van der Waals surface area contributed by atoms with Crippen molar-refractivity contribution in [2.45, 2.75) is 57.3 Å². The Hall–Kier alpha value is -4.54. The molecule has 3 heterocycles. The smallest absolute Gasteiger partial charge is 0.462 e. The van der Waals surface area contributed by atoms with Gasteiger partial charge in [-0.15, -0.1) is 0 Å². The van der Waals surface area contributed by atoms with Crippen molar-refractivity contribution in [1.29, 1.82) is 0 Å². The number of halogens is 2. The van der Waals surface area contributed by atoms with E-state index in [4.69, 9.17) is 28.3 Å². The number of hydrogen-bond donors (Lipinski definition) is 2. The summed E-state index contributed by atoms with van der Waals surface area (Å²) in [4.78, 5) is 47.8. The molecule has 2 aliphatic heterocycles. The topological polar surface area (TPSA) is 177 Å². The third-order valence-corrected chi connectivity index (χ3v) is 7.97. The first kappa shape index (κ1) is 33.8. The molecule has 47 heavy (non-hydrogen) atoms. The molecule has 0 spiro atoms. The van der Waals surface area contributed by atoms with Crippen LogP contribution in [0.1, 0.15) is 37.4 Å². The van der Waals surface area contributed by atoms with Gasteiger partial charge >= 0.3 is 25.8 Å². The predicted octanol–water partition coefficient (Wildman–Crippen LogP) is 3.43. The normalized spacial score (nSPS) is 20.6. The maximum Gasteiger partial charge on any atom is 0.693 e. The van der Waals surface area contributed by atoms with E-state index in [2.05, 4.69) is 10.3 Å². The third kappa shape index (κ3) is 7.55. The molecule has 1 amide bonds. The van der Waals surface area contributed by atoms with Crippen LogP contribution in [0.25, 0.3) is 0 Å². The highest BCUT2D eigenvalue weighted by molar-refractivity contribution is 7.36. The molecule has 250 valence electrons. The SMILES string of the molecule is CC(C)OC(=O)[C@H](C)N(OC[C@H]1O[C@@H](n2ccc(NC(=O)c3ccc4c(c3)OCO4)nc2=O)C(F)(F)C1O)[P+](=O)Oc1ccccc1. The number of carbonyl (C=O) groups excluding carboxylic acids is 2. The third-order valence-electron chi connectivity index (χ3n) is 6.82. The monoisotopic (exact) mass is 679 g/mol. The number of esters is 1. The number of alkyl halides is 2. The number of hydrogen-bond acceptors (Lipinski definition) is 12. The van der Waals surface area contributed by atoms with E-state index in [1.54, 1.807) is 32.0 Å². The number of rotatable bonds is 12. The minimum absolute atomic E-state index is 0.00267. The molecule has 15 nitrogen and oxygen atoms in total. The Morgan fingerprint density at radius 3 is 2.57 bits per heavy atom. The molecule has 18 heteroatoms. The number of fused-ring (bicyclic) bond motifs is 1. The van der Waals surface area contributed by atoms with Crippen molar-refractivity contribution < 1.29 is 56.4 Å². The number of aliphatic hydroxyl groups excluding tert-OH is 1. The highest BCUT2D eigenvalue weighted by Crippen LogP contribution is 2.43. The Morgan fingerprint density at radius 1 is 1.15 bits per heavy atom. The van der Waals surface area contributed by atoms with Crippen LogP contribution in [0.3, 0.4) is 0 Å². The van der Waals surface area contributed by atoms with Crippen LogP contribution in [-0.4, -0.2) is 75.0 Å². The summed E-state index contributed by atoms with van der Waals surface area (Å²) in [6.07, 6.45) is -6.23. The fourth-order valence-corrected chi connectivity index (χ4v) is 5.40. The summed E-state index contributed by atoms with van der Waals surface area (Å²) in [6.45, 7) is 3.66. The van der Waals surface area contributed by atoms with Crippen molar-refractivity contribution in [3.8, 4) is 17.2 Å². The molecule has 0 radical (unpaired) electrons. The minimum atomic E-state index is -4.04. The minimum Gasteiger partial charge on any atom is -0.462 e. The number of carbonyl (C=O) groups is 2. The van der Waals surface area contributed by atoms with E-state index in [9.17, 15) is 24.1 Å². The number of benzene rings is 2. The average Bonchev–Trinajstić information content (AvgIpc) is 3.59. The fraction of sp³-hybridized carbons (Fsp3) is 0.379. The lowest BCUT2D eigenvalue weighted by atomic mass is 10.1. The molecular formula is C29H30F2N4O11P+. The van der Waals surface area contributed by atoms with Gasteiger partial charge in [0.1, 0.15) is 18.5 Å². The lowest BCUT2D eigenvalue weighted by Gasteiger charge is -2.21. The highest BCUT2D eigenvalue weighted by Gasteiger charge is 2.60. The van der Waals surface area contributed by atoms with Gasteiger partial charge in [0, 0.05) is 16.3 Å². The largest absolute Gasteiger partial charge is 0.693 e. The first-order chi connectivity index (χ1) is 22.3. The van der Waals surface area contributed by atoms with Gasteiger partial charge in [-0.3, -0.25) is 19.0 Å². The van der Waals surface area contributed by atoms with Gasteiger partial charge in [-0.25, -0.2) is 9.32 Å². The quantitative estimate of drug-likeness (QED) is 0.162. The van der Waals surface area contributed by atoms with E-state index in [1.807, 2.05) is 0 Å². The predicted molar refractivity (Wildman–Crippen MR) is 157 cm³/mol. The summed E-state index contributed by atoms with van der Waals surface area (Å²) in [5, 5.41) is 12.9. The number of nitrogens with one attached hydrogen (secondary N) is 1. The van der Waals surface area contributed by atoms with Gasteiger partial charge in [-0.1, -0.05) is 18.2 Å². The van der Waals surface area contributed by atoms with Crippen LogP contribution >= 0.6 is 8.18 Å². The molecule has 0 aliphatic carbocycles. The summed E-state index contributed by atoms with van der Waals surface area (Å²) in [5.41, 5.74) is -1.06. The first-order valence-corrected chi connectivity index (χ1v) is 15.3. The zero-order valence-corrected chi connectivity index (χ0v) is 26.0. The molecule has 5 rings (SSSR count). The number of aromatic nitrogens is 2. The molecule has 0 bridgehead atoms. The van der Waals surface area contributed by atoms with Gasteiger partial charge in [-0.05, 0) is 57.2 Å². The van der Waals surface area contributed by atoms with Crippen molar-refractivity contribution in [2.75, 3.05) is 18.7 Å². The molecular weight excluding hydrogens is 649 g/mol. The molecule has 2 aromatic carbocycles. The second-order valence-electron chi connectivity index (χ2n) is 10.6. The zero-order valence-electron chi connectivity index (χ0n) is 25.1. The number of hydroxylamine groups is 1. The number of nitrogens with zero attached hydrogens (tertiary/aromatic N) is 3. The van der Waals surface area contributed by atoms with E-state index in [0.29, 0.717) is 20.9 Å². The number of anilines is 1. The molecule has 3 aromatic rings. The molecule has 2 aliphatic rings. The van der Waals surface area contributed by atoms with Crippen LogP contribution in [0.15, 0.2) is 65.6 Å². The highest BCUT2D eigenvalue weighted by atomic mass is 31.1. The van der Waals surface area contributed by atoms with Gasteiger partial charge in [-0.2, -0.15) is 13.8 Å². The summed E-state index contributed by atoms with van der Waals surface area (Å²) >= 11 is 0. The van der Waals surface area contributed by atoms with E-state index >= 15 is 8.78 Å². The second kappa shape index (κ2) is 14.1. The van der Waals surface area contributed by atoms with Crippen molar-refractivity contribution in [2.24, 2.45) is 0 Å². The van der Waals surface area contributed by atoms with Crippen LogP contribution in [0.2, 0.25) is 0 Å². The Balaban J connectivity index is 1.28. The fourth-order valence-electron chi connectivity index (χ4n) is 4.48. The van der Waals surface area contributed by atoms with Crippen molar-refractivity contribution >= 4 is 25.9 Å². The summed E-state index contributed by atoms with van der Waals surface area (Å²) in [6, 6.07) is 12.1. The Labute approximate surface area is 266 Å². The second-order valence-corrected chi connectivity index (χ2v) is 11.6. The van der Waals surface area contributed by atoms with Gasteiger partial charge in [0.15, 0.2) is 29.4 Å². The van der Waals surface area contributed by atoms with Crippen LogP contribution in [0.4, 0.5) is 14.6 Å². The van der Waals surface area contributed by atoms with Crippen molar-refractivity contribution in [1.82, 2.24) is 14.4 Å². The molecule has 5 atom stereocenters. The van der Waals surface area contributed by atoms with Gasteiger partial charge in [0.05, 0.1) is 10.9 Å². The van der Waals surface area contributed by atoms with Gasteiger partial charge < -0.3 is 29.4 Å². The summed E-state index contributed by atoms with van der Waals surface area (Å²) in [7, 11) is -2.94. The molecule has 1 saturated heterocycles. The Bertz CT molecular complexity index is 1690. The Morgan fingerprint density at radius 2 is 1.87 bits per heavy atom. The standard InChI is InChI=1S/C29H29F2N4O11P/c1-16(2)44-26(38)17(3)35(47(40)46-19-7-5-4-6-8-19)43-14-22-24(36)29(30,31)27(45-22)34-12-11-23(33-28(34)39)32-25(37)18-9-10-20-21(13-18)42-15-41-20/h4-13,16-17,22,24,27,36H,14-15H2,1-3H3/p+1/t17-,22+,24?,27+/m0/s1. The molecule has 1 fully saturated rings. The lowest BCUT2D eigenvalue weighted by molar-refractivity contribution is -0.183. The van der Waals surface area contributed by atoms with Crippen LogP contribution in [0.5, 0.6) is 17.2 Å². The van der Waals surface area contributed by atoms with E-state index in [0.717, 1.165) is 12.3 Å². The van der Waals surface area contributed by atoms with Crippen LogP contribution < -0.4 is 25.0 Å². The molecule has 2 N–H and O–H groups in total. The van der Waals surface area contributed by atoms with E-state index in [1.165, 1.54) is 37.3 Å². The molecule has 1 aromatic heterocycles. The van der Waals surface area contributed by atoms with Crippen LogP contribution in [-0.2, 0) is 23.7 Å². The Kier molecular flexibility index (Phi) is 10.1. The maximum atomic E-state index is 15.3. The van der Waals surface area contributed by atoms with Gasteiger partial charge in [0.2, 0.25) is 13.0 Å². The van der Waals surface area contributed by atoms with Crippen molar-refractivity contribution in [3.63, 3.8) is 0 Å². The molecule has 2 unspecified atom stereocenters. The average molecular weight is 680 g/mol. The first-order valence-electron chi connectivity index (χ1n) is 14.2. The maximum absolute atomic E-state index is 15.3. The van der Waals surface area contributed by atoms with Gasteiger partial charge in [0.25, 0.3) is 5.91 Å². The summed E-state index contributed by atoms with van der Waals surface area (Å²) < 4.78 is 70.4. The number of aliphatic hydroxyl groups is 1. The molecule has 0 saturated carbocycles. The van der Waals surface area contributed by atoms with E-state index in [-0.39, 0.29) is 23.9 Å². The number of para-hydroxylation sites is 1. The number of ether oxygens (including phenoxy) is 4.